The molecule has 4 heterocycles. The third-order valence-electron chi connectivity index (χ3n) is 6.60. The molecule has 1 saturated heterocycles. The lowest BCUT2D eigenvalue weighted by atomic mass is 10.1. The molecule has 0 radical (unpaired) electrons. The largest absolute Gasteiger partial charge is 0.348 e. The number of nitrogens with zero attached hydrogens (tertiary/aromatic N) is 7. The van der Waals surface area contributed by atoms with Gasteiger partial charge in [0.05, 0.1) is 34.2 Å². The summed E-state index contributed by atoms with van der Waals surface area (Å²) in [4.78, 5) is 29.6. The number of hydrogen-bond donors (Lipinski definition) is 0. The Hall–Kier alpha value is -5.21. The number of carbonyl (C=O) groups is 1. The Morgan fingerprint density at radius 1 is 1.00 bits per heavy atom. The Morgan fingerprint density at radius 3 is 2.61 bits per heavy atom. The van der Waals surface area contributed by atoms with Gasteiger partial charge in [0, 0.05) is 56.0 Å². The van der Waals surface area contributed by atoms with Gasteiger partial charge in [-0.3, -0.25) is 19.3 Å². The van der Waals surface area contributed by atoms with E-state index in [-0.39, 0.29) is 5.91 Å². The molecular formula is C30H23N7O. The fourth-order valence-corrected chi connectivity index (χ4v) is 4.84. The predicted octanol–water partition coefficient (Wildman–Crippen LogP) is 4.43. The highest BCUT2D eigenvalue weighted by atomic mass is 16.2. The lowest BCUT2D eigenvalue weighted by molar-refractivity contribution is -0.117. The highest BCUT2D eigenvalue weighted by molar-refractivity contribution is 6.04. The van der Waals surface area contributed by atoms with Gasteiger partial charge in [0.2, 0.25) is 11.9 Å². The van der Waals surface area contributed by atoms with Crippen LogP contribution in [0, 0.1) is 23.2 Å². The molecule has 8 nitrogen and oxygen atoms in total. The van der Waals surface area contributed by atoms with E-state index in [1.54, 1.807) is 23.5 Å². The van der Waals surface area contributed by atoms with E-state index in [0.717, 1.165) is 45.2 Å². The molecule has 0 spiro atoms. The van der Waals surface area contributed by atoms with Crippen LogP contribution >= 0.6 is 0 Å². The molecule has 1 amide bonds. The van der Waals surface area contributed by atoms with Crippen molar-refractivity contribution in [2.24, 2.45) is 0 Å². The van der Waals surface area contributed by atoms with E-state index < -0.39 is 0 Å². The second-order valence-electron chi connectivity index (χ2n) is 9.32. The molecule has 6 rings (SSSR count). The highest BCUT2D eigenvalue weighted by Crippen LogP contribution is 2.34. The zero-order valence-corrected chi connectivity index (χ0v) is 21.0. The Kier molecular flexibility index (Phi) is 5.71. The molecular weight excluding hydrogens is 474 g/mol. The number of pyridine rings is 2. The van der Waals surface area contributed by atoms with Gasteiger partial charge in [0.15, 0.2) is 0 Å². The molecule has 2 aromatic carbocycles. The Labute approximate surface area is 219 Å². The molecule has 1 aliphatic rings. The van der Waals surface area contributed by atoms with E-state index in [2.05, 4.69) is 27.9 Å². The standard InChI is InChI=1S/C30H23N7O/c1-35(2)30-34-26-19-33-25-11-9-20(7-8-21-5-3-13-32-18-21)15-24(25)29(26)37(30)23-10-12-27(22(16-23)17-31)36-14-4-6-28(36)38/h3,5,9-13,15-16,18-19H,4,6,14H2,1-2H3. The molecule has 1 fully saturated rings. The van der Waals surface area contributed by atoms with Crippen LogP contribution in [0.4, 0.5) is 11.6 Å². The first-order valence-corrected chi connectivity index (χ1v) is 12.3. The number of nitriles is 1. The molecule has 0 bridgehead atoms. The first-order valence-electron chi connectivity index (χ1n) is 12.3. The SMILES string of the molecule is CN(C)c1nc2cnc3ccc(C#Cc4cccnc4)cc3c2n1-c1ccc(N2CCCC2=O)c(C#N)c1. The molecule has 1 aliphatic heterocycles. The summed E-state index contributed by atoms with van der Waals surface area (Å²) in [5, 5.41) is 10.9. The van der Waals surface area contributed by atoms with E-state index in [1.165, 1.54) is 0 Å². The van der Waals surface area contributed by atoms with Crippen molar-refractivity contribution in [1.82, 2.24) is 19.5 Å². The lowest BCUT2D eigenvalue weighted by Crippen LogP contribution is -2.24. The normalized spacial score (nSPS) is 13.0. The van der Waals surface area contributed by atoms with Crippen LogP contribution in [-0.4, -0.2) is 46.1 Å². The van der Waals surface area contributed by atoms with Crippen LogP contribution in [0.15, 0.2) is 67.1 Å². The predicted molar refractivity (Wildman–Crippen MR) is 147 cm³/mol. The topological polar surface area (TPSA) is 90.9 Å². The summed E-state index contributed by atoms with van der Waals surface area (Å²) in [5.74, 6) is 7.15. The van der Waals surface area contributed by atoms with Gasteiger partial charge in [-0.15, -0.1) is 0 Å². The average molecular weight is 498 g/mol. The maximum absolute atomic E-state index is 12.4. The minimum Gasteiger partial charge on any atom is -0.348 e. The lowest BCUT2D eigenvalue weighted by Gasteiger charge is -2.20. The summed E-state index contributed by atoms with van der Waals surface area (Å²) >= 11 is 0. The average Bonchev–Trinajstić information content (AvgIpc) is 3.56. The molecule has 0 aliphatic carbocycles. The van der Waals surface area contributed by atoms with E-state index >= 15 is 0 Å². The third kappa shape index (κ3) is 3.99. The number of hydrogen-bond acceptors (Lipinski definition) is 6. The maximum atomic E-state index is 12.4. The molecule has 0 N–H and O–H groups in total. The highest BCUT2D eigenvalue weighted by Gasteiger charge is 2.25. The molecule has 3 aromatic heterocycles. The number of benzene rings is 2. The van der Waals surface area contributed by atoms with E-state index in [9.17, 15) is 10.1 Å². The van der Waals surface area contributed by atoms with Gasteiger partial charge >= 0.3 is 0 Å². The van der Waals surface area contributed by atoms with Gasteiger partial charge in [-0.1, -0.05) is 11.8 Å². The Balaban J connectivity index is 1.56. The summed E-state index contributed by atoms with van der Waals surface area (Å²) in [6.07, 6.45) is 6.53. The quantitative estimate of drug-likeness (QED) is 0.343. The molecule has 184 valence electrons. The van der Waals surface area contributed by atoms with Gasteiger partial charge in [0.25, 0.3) is 0 Å². The molecule has 0 saturated carbocycles. The van der Waals surface area contributed by atoms with Crippen LogP contribution in [0.5, 0.6) is 0 Å². The summed E-state index contributed by atoms with van der Waals surface area (Å²) < 4.78 is 2.04. The van der Waals surface area contributed by atoms with Crippen LogP contribution in [0.1, 0.15) is 29.5 Å². The van der Waals surface area contributed by atoms with Gasteiger partial charge in [0.1, 0.15) is 11.6 Å². The van der Waals surface area contributed by atoms with Gasteiger partial charge < -0.3 is 9.80 Å². The van der Waals surface area contributed by atoms with Crippen molar-refractivity contribution in [3.63, 3.8) is 0 Å². The minimum atomic E-state index is 0.0494. The minimum absolute atomic E-state index is 0.0494. The molecule has 8 heteroatoms. The van der Waals surface area contributed by atoms with Crippen molar-refractivity contribution in [2.75, 3.05) is 30.4 Å². The van der Waals surface area contributed by atoms with Crippen LogP contribution in [0.2, 0.25) is 0 Å². The van der Waals surface area contributed by atoms with E-state index in [1.807, 2.05) is 72.1 Å². The molecule has 0 unspecified atom stereocenters. The first-order chi connectivity index (χ1) is 18.5. The summed E-state index contributed by atoms with van der Waals surface area (Å²) in [6.45, 7) is 0.628. The van der Waals surface area contributed by atoms with Crippen LogP contribution in [-0.2, 0) is 4.79 Å². The number of imidazole rings is 1. The van der Waals surface area contributed by atoms with Crippen LogP contribution < -0.4 is 9.80 Å². The molecule has 0 atom stereocenters. The maximum Gasteiger partial charge on any atom is 0.227 e. The molecule has 5 aromatic rings. The third-order valence-corrected chi connectivity index (χ3v) is 6.60. The Bertz CT molecular complexity index is 1820. The van der Waals surface area contributed by atoms with Crippen molar-refractivity contribution in [3.05, 3.63) is 83.8 Å². The van der Waals surface area contributed by atoms with Crippen molar-refractivity contribution in [3.8, 4) is 23.6 Å². The van der Waals surface area contributed by atoms with E-state index in [0.29, 0.717) is 30.2 Å². The summed E-state index contributed by atoms with van der Waals surface area (Å²) in [6, 6.07) is 17.6. The first kappa shape index (κ1) is 23.2. The fraction of sp³-hybridized carbons (Fsp3) is 0.167. The van der Waals surface area contributed by atoms with Gasteiger partial charge in [-0.2, -0.15) is 5.26 Å². The van der Waals surface area contributed by atoms with Crippen molar-refractivity contribution < 1.29 is 4.79 Å². The second-order valence-corrected chi connectivity index (χ2v) is 9.32. The summed E-state index contributed by atoms with van der Waals surface area (Å²) in [7, 11) is 3.86. The Morgan fingerprint density at radius 2 is 1.87 bits per heavy atom. The number of anilines is 2. The van der Waals surface area contributed by atoms with Crippen molar-refractivity contribution >= 4 is 39.5 Å². The molecule has 38 heavy (non-hydrogen) atoms. The van der Waals surface area contributed by atoms with E-state index in [4.69, 9.17) is 4.98 Å². The van der Waals surface area contributed by atoms with Crippen molar-refractivity contribution in [1.29, 1.82) is 5.26 Å². The summed E-state index contributed by atoms with van der Waals surface area (Å²) in [5.41, 5.74) is 5.98. The second kappa shape index (κ2) is 9.34. The number of carbonyl (C=O) groups excluding carboxylic acids is 1. The number of aromatic nitrogens is 4. The number of fused-ring (bicyclic) bond motifs is 3. The monoisotopic (exact) mass is 497 g/mol. The van der Waals surface area contributed by atoms with Gasteiger partial charge in [-0.25, -0.2) is 4.98 Å². The van der Waals surface area contributed by atoms with Crippen molar-refractivity contribution in [2.45, 2.75) is 12.8 Å². The fourth-order valence-electron chi connectivity index (χ4n) is 4.84. The number of amides is 1. The smallest absolute Gasteiger partial charge is 0.227 e. The number of rotatable bonds is 3. The zero-order chi connectivity index (χ0) is 26.2. The zero-order valence-electron chi connectivity index (χ0n) is 21.0. The van der Waals surface area contributed by atoms with Crippen LogP contribution in [0.25, 0.3) is 27.6 Å². The van der Waals surface area contributed by atoms with Gasteiger partial charge in [-0.05, 0) is 55.0 Å². The van der Waals surface area contributed by atoms with Crippen LogP contribution in [0.3, 0.4) is 0 Å².